The summed E-state index contributed by atoms with van der Waals surface area (Å²) in [6.07, 6.45) is -2.20. The van der Waals surface area contributed by atoms with Crippen LogP contribution in [0.15, 0.2) is 107 Å². The van der Waals surface area contributed by atoms with Crippen molar-refractivity contribution in [2.45, 2.75) is 24.4 Å². The summed E-state index contributed by atoms with van der Waals surface area (Å²) in [5, 5.41) is 3.18. The lowest BCUT2D eigenvalue weighted by molar-refractivity contribution is -0.137. The number of benzene rings is 3. The highest BCUT2D eigenvalue weighted by Crippen LogP contribution is 2.30. The molecule has 0 aliphatic rings. The molecule has 0 radical (unpaired) electrons. The number of hydrogen-bond acceptors (Lipinski definition) is 5. The summed E-state index contributed by atoms with van der Waals surface area (Å²) >= 11 is 0. The summed E-state index contributed by atoms with van der Waals surface area (Å²) in [5.41, 5.74) is 2.17. The van der Waals surface area contributed by atoms with E-state index in [1.807, 2.05) is 6.92 Å². The highest BCUT2D eigenvalue weighted by Gasteiger charge is 2.30. The number of allylic oxidation sites excluding steroid dienone is 2. The van der Waals surface area contributed by atoms with Crippen LogP contribution in [0.5, 0.6) is 5.75 Å². The van der Waals surface area contributed by atoms with Crippen molar-refractivity contribution in [3.8, 4) is 5.75 Å². The van der Waals surface area contributed by atoms with Crippen LogP contribution in [0.3, 0.4) is 0 Å². The molecule has 3 aromatic rings. The van der Waals surface area contributed by atoms with Crippen LogP contribution in [0, 0.1) is 0 Å². The van der Waals surface area contributed by atoms with Crippen molar-refractivity contribution >= 4 is 27.1 Å². The molecule has 0 aromatic heterocycles. The lowest BCUT2D eigenvalue weighted by Gasteiger charge is -2.16. The molecular weight excluding hydrogens is 515 g/mol. The Kier molecular flexibility index (Phi) is 9.00. The summed E-state index contributed by atoms with van der Waals surface area (Å²) < 4.78 is 72.8. The minimum atomic E-state index is -4.44. The second-order valence-corrected chi connectivity index (χ2v) is 9.84. The molecule has 0 saturated carbocycles. The molecule has 0 unspecified atom stereocenters. The number of sulfonamides is 1. The second kappa shape index (κ2) is 12.0. The zero-order valence-electron chi connectivity index (χ0n) is 21.1. The van der Waals surface area contributed by atoms with Crippen molar-refractivity contribution < 1.29 is 26.3 Å². The number of nitrogens with zero attached hydrogens (tertiary/aromatic N) is 1. The molecule has 10 heteroatoms. The molecule has 0 amide bonds. The van der Waals surface area contributed by atoms with Gasteiger partial charge in [0.25, 0.3) is 10.0 Å². The van der Waals surface area contributed by atoms with Crippen molar-refractivity contribution in [1.29, 1.82) is 0 Å². The van der Waals surface area contributed by atoms with E-state index in [-0.39, 0.29) is 4.90 Å². The molecule has 200 valence electrons. The van der Waals surface area contributed by atoms with Crippen molar-refractivity contribution in [2.75, 3.05) is 24.2 Å². The minimum absolute atomic E-state index is 0.0157. The molecule has 0 fully saturated rings. The smallest absolute Gasteiger partial charge is 0.416 e. The van der Waals surface area contributed by atoms with E-state index in [1.54, 1.807) is 42.5 Å². The average Bonchev–Trinajstić information content (AvgIpc) is 2.90. The minimum Gasteiger partial charge on any atom is -0.495 e. The first kappa shape index (κ1) is 28.5. The van der Waals surface area contributed by atoms with Crippen LogP contribution in [0.2, 0.25) is 0 Å². The molecule has 2 N–H and O–H groups in total. The summed E-state index contributed by atoms with van der Waals surface area (Å²) in [6.45, 7) is 5.96. The summed E-state index contributed by atoms with van der Waals surface area (Å²) in [7, 11) is -0.961. The molecule has 0 heterocycles. The second-order valence-electron chi connectivity index (χ2n) is 8.16. The van der Waals surface area contributed by atoms with Crippen LogP contribution in [0.4, 0.5) is 24.5 Å². The Bertz CT molecular complexity index is 1460. The Morgan fingerprint density at radius 3 is 2.34 bits per heavy atom. The zero-order chi connectivity index (χ0) is 27.9. The summed E-state index contributed by atoms with van der Waals surface area (Å²) in [4.78, 5) is 4.24. The van der Waals surface area contributed by atoms with Gasteiger partial charge in [0.2, 0.25) is 0 Å². The number of para-hydroxylation sites is 2. The number of ether oxygens (including phenoxy) is 1. The quantitative estimate of drug-likeness (QED) is 0.215. The Balaban J connectivity index is 1.91. The third kappa shape index (κ3) is 7.04. The third-order valence-electron chi connectivity index (χ3n) is 5.61. The number of anilines is 2. The molecular formula is C28H28F3N3O3S. The van der Waals surface area contributed by atoms with Crippen LogP contribution in [0.25, 0.3) is 0 Å². The number of methoxy groups -OCH3 is 1. The number of rotatable bonds is 10. The van der Waals surface area contributed by atoms with Gasteiger partial charge < -0.3 is 10.1 Å². The van der Waals surface area contributed by atoms with Crippen LogP contribution >= 0.6 is 0 Å². The van der Waals surface area contributed by atoms with Crippen molar-refractivity contribution in [2.24, 2.45) is 4.99 Å². The molecule has 0 spiro atoms. The fourth-order valence-electron chi connectivity index (χ4n) is 3.49. The number of hydrogen-bond donors (Lipinski definition) is 2. The topological polar surface area (TPSA) is 79.8 Å². The fraction of sp³-hybridized carbons (Fsp3) is 0.179. The van der Waals surface area contributed by atoms with Gasteiger partial charge in [0.1, 0.15) is 5.75 Å². The molecule has 3 aromatic carbocycles. The summed E-state index contributed by atoms with van der Waals surface area (Å²) in [5.74, 6) is 0.379. The van der Waals surface area contributed by atoms with Gasteiger partial charge in [-0.05, 0) is 66.1 Å². The molecule has 38 heavy (non-hydrogen) atoms. The Morgan fingerprint density at radius 1 is 1.05 bits per heavy atom. The van der Waals surface area contributed by atoms with Crippen molar-refractivity contribution in [3.63, 3.8) is 0 Å². The van der Waals surface area contributed by atoms with E-state index in [0.717, 1.165) is 12.1 Å². The predicted octanol–water partition coefficient (Wildman–Crippen LogP) is 6.90. The first-order valence-corrected chi connectivity index (χ1v) is 13.0. The average molecular weight is 544 g/mol. The molecule has 0 aliphatic carbocycles. The largest absolute Gasteiger partial charge is 0.495 e. The highest BCUT2D eigenvalue weighted by atomic mass is 32.2. The molecule has 0 saturated heterocycles. The van der Waals surface area contributed by atoms with Crippen LogP contribution in [-0.4, -0.2) is 28.3 Å². The van der Waals surface area contributed by atoms with Gasteiger partial charge >= 0.3 is 6.18 Å². The van der Waals surface area contributed by atoms with E-state index in [9.17, 15) is 21.6 Å². The van der Waals surface area contributed by atoms with Gasteiger partial charge in [-0.25, -0.2) is 8.42 Å². The van der Waals surface area contributed by atoms with Gasteiger partial charge in [-0.2, -0.15) is 13.2 Å². The maximum Gasteiger partial charge on any atom is 0.416 e. The molecule has 3 rings (SSSR count). The lowest BCUT2D eigenvalue weighted by Crippen LogP contribution is -2.14. The molecule has 6 nitrogen and oxygen atoms in total. The van der Waals surface area contributed by atoms with Gasteiger partial charge in [0, 0.05) is 18.4 Å². The Morgan fingerprint density at radius 2 is 1.74 bits per heavy atom. The van der Waals surface area contributed by atoms with Gasteiger partial charge in [-0.1, -0.05) is 43.8 Å². The monoisotopic (exact) mass is 543 g/mol. The van der Waals surface area contributed by atoms with Crippen LogP contribution in [-0.2, 0) is 16.2 Å². The van der Waals surface area contributed by atoms with Gasteiger partial charge in [-0.15, -0.1) is 0 Å². The first-order chi connectivity index (χ1) is 18.0. The number of aliphatic imine (C=N–C) groups is 1. The normalized spacial score (nSPS) is 12.7. The zero-order valence-corrected chi connectivity index (χ0v) is 22.0. The molecule has 0 aliphatic heterocycles. The van der Waals surface area contributed by atoms with E-state index in [1.165, 1.54) is 38.4 Å². The van der Waals surface area contributed by atoms with Crippen LogP contribution < -0.4 is 14.8 Å². The summed E-state index contributed by atoms with van der Waals surface area (Å²) in [6, 6.07) is 17.6. The standard InChI is InChI=1S/C28H28F3N3O3S/c1-5-19(2)25(18-26(32-3)20-13-15-21(16-14-20)28(29,30)31)33-22-9-8-10-23(17-22)38(35,36)34-24-11-6-7-12-27(24)37-4/h6-18,33-34H,2,5H2,1,3-4H3/b25-18+,32-26?. The highest BCUT2D eigenvalue weighted by molar-refractivity contribution is 7.92. The molecule has 0 bridgehead atoms. The van der Waals surface area contributed by atoms with Crippen molar-refractivity contribution in [3.05, 3.63) is 108 Å². The van der Waals surface area contributed by atoms with E-state index in [0.29, 0.717) is 46.1 Å². The van der Waals surface area contributed by atoms with Gasteiger partial charge in [0.05, 0.1) is 29.0 Å². The SMILES string of the molecule is C=C(CC)/C(=C\C(=NC)c1ccc(C(F)(F)F)cc1)Nc1cccc(S(=O)(=O)Nc2ccccc2OC)c1. The number of nitrogens with one attached hydrogen (secondary N) is 2. The third-order valence-corrected chi connectivity index (χ3v) is 6.98. The fourth-order valence-corrected chi connectivity index (χ4v) is 4.61. The predicted molar refractivity (Wildman–Crippen MR) is 145 cm³/mol. The van der Waals surface area contributed by atoms with Crippen molar-refractivity contribution in [1.82, 2.24) is 0 Å². The number of alkyl halides is 3. The first-order valence-electron chi connectivity index (χ1n) is 11.6. The maximum absolute atomic E-state index is 13.1. The van der Waals surface area contributed by atoms with E-state index >= 15 is 0 Å². The Labute approximate surface area is 220 Å². The number of halogens is 3. The van der Waals surface area contributed by atoms with E-state index < -0.39 is 21.8 Å². The van der Waals surface area contributed by atoms with E-state index in [4.69, 9.17) is 4.74 Å². The van der Waals surface area contributed by atoms with Gasteiger partial charge in [0.15, 0.2) is 0 Å². The Hall–Kier alpha value is -4.05. The maximum atomic E-state index is 13.1. The van der Waals surface area contributed by atoms with Crippen LogP contribution in [0.1, 0.15) is 24.5 Å². The van der Waals surface area contributed by atoms with E-state index in [2.05, 4.69) is 21.6 Å². The molecule has 0 atom stereocenters. The van der Waals surface area contributed by atoms with Gasteiger partial charge in [-0.3, -0.25) is 9.71 Å². The lowest BCUT2D eigenvalue weighted by atomic mass is 10.0.